The first-order valence-corrected chi connectivity index (χ1v) is 7.04. The standard InChI is InChI=1S/C15H18N2O5/c1-3-19-7-8-21-13-9-11(5-6-16-13)14-17-12(10-22-14)15(18)20-4-2/h5-6,9-10H,3-4,7-8H2,1-2H3. The molecule has 2 heterocycles. The number of nitrogens with zero attached hydrogens (tertiary/aromatic N) is 2. The zero-order chi connectivity index (χ0) is 15.8. The smallest absolute Gasteiger partial charge is 0.360 e. The molecule has 118 valence electrons. The summed E-state index contributed by atoms with van der Waals surface area (Å²) >= 11 is 0. The monoisotopic (exact) mass is 306 g/mol. The molecular formula is C15H18N2O5. The average molecular weight is 306 g/mol. The van der Waals surface area contributed by atoms with Gasteiger partial charge in [0.15, 0.2) is 5.69 Å². The third-order valence-corrected chi connectivity index (χ3v) is 2.65. The van der Waals surface area contributed by atoms with Crippen molar-refractivity contribution in [1.82, 2.24) is 9.97 Å². The summed E-state index contributed by atoms with van der Waals surface area (Å²) in [6, 6.07) is 3.41. The van der Waals surface area contributed by atoms with Crippen LogP contribution in [0.25, 0.3) is 11.5 Å². The zero-order valence-corrected chi connectivity index (χ0v) is 12.6. The van der Waals surface area contributed by atoms with Gasteiger partial charge < -0.3 is 18.6 Å². The molecule has 0 aliphatic heterocycles. The van der Waals surface area contributed by atoms with Gasteiger partial charge in [-0.3, -0.25) is 0 Å². The molecule has 0 aliphatic rings. The molecule has 0 amide bonds. The largest absolute Gasteiger partial charge is 0.475 e. The minimum atomic E-state index is -0.514. The van der Waals surface area contributed by atoms with Crippen molar-refractivity contribution in [3.63, 3.8) is 0 Å². The first-order valence-electron chi connectivity index (χ1n) is 7.04. The summed E-state index contributed by atoms with van der Waals surface area (Å²) < 4.78 is 20.8. The van der Waals surface area contributed by atoms with E-state index in [0.29, 0.717) is 37.2 Å². The van der Waals surface area contributed by atoms with Gasteiger partial charge in [0.1, 0.15) is 12.9 Å². The second-order valence-electron chi connectivity index (χ2n) is 4.19. The summed E-state index contributed by atoms with van der Waals surface area (Å²) in [4.78, 5) is 19.8. The van der Waals surface area contributed by atoms with Gasteiger partial charge in [-0.05, 0) is 19.9 Å². The number of pyridine rings is 1. The van der Waals surface area contributed by atoms with Crippen molar-refractivity contribution in [2.75, 3.05) is 26.4 Å². The number of hydrogen-bond donors (Lipinski definition) is 0. The highest BCUT2D eigenvalue weighted by molar-refractivity contribution is 5.87. The topological polar surface area (TPSA) is 83.7 Å². The highest BCUT2D eigenvalue weighted by atomic mass is 16.5. The Kier molecular flexibility index (Phi) is 5.91. The summed E-state index contributed by atoms with van der Waals surface area (Å²) in [6.07, 6.45) is 2.85. The van der Waals surface area contributed by atoms with Crippen LogP contribution in [0.4, 0.5) is 0 Å². The van der Waals surface area contributed by atoms with E-state index in [1.165, 1.54) is 6.26 Å². The van der Waals surface area contributed by atoms with Gasteiger partial charge in [-0.15, -0.1) is 0 Å². The van der Waals surface area contributed by atoms with Crippen molar-refractivity contribution in [3.8, 4) is 17.3 Å². The number of carbonyl (C=O) groups excluding carboxylic acids is 1. The molecule has 0 aromatic carbocycles. The lowest BCUT2D eigenvalue weighted by atomic mass is 10.2. The van der Waals surface area contributed by atoms with Crippen LogP contribution >= 0.6 is 0 Å². The van der Waals surface area contributed by atoms with Crippen molar-refractivity contribution in [1.29, 1.82) is 0 Å². The Hall–Kier alpha value is -2.41. The lowest BCUT2D eigenvalue weighted by molar-refractivity contribution is 0.0519. The lowest BCUT2D eigenvalue weighted by Gasteiger charge is -2.05. The molecule has 2 aromatic rings. The second-order valence-corrected chi connectivity index (χ2v) is 4.19. The first kappa shape index (κ1) is 16.0. The number of ether oxygens (including phenoxy) is 3. The lowest BCUT2D eigenvalue weighted by Crippen LogP contribution is -2.07. The molecule has 0 atom stereocenters. The van der Waals surface area contributed by atoms with Gasteiger partial charge in [-0.1, -0.05) is 0 Å². The Morgan fingerprint density at radius 3 is 2.91 bits per heavy atom. The van der Waals surface area contributed by atoms with Crippen molar-refractivity contribution >= 4 is 5.97 Å². The predicted molar refractivity (Wildman–Crippen MR) is 77.7 cm³/mol. The van der Waals surface area contributed by atoms with Crippen molar-refractivity contribution in [2.24, 2.45) is 0 Å². The summed E-state index contributed by atoms with van der Waals surface area (Å²) in [6.45, 7) is 5.48. The van der Waals surface area contributed by atoms with E-state index in [9.17, 15) is 4.79 Å². The van der Waals surface area contributed by atoms with E-state index in [2.05, 4.69) is 9.97 Å². The van der Waals surface area contributed by atoms with Gasteiger partial charge in [-0.2, -0.15) is 0 Å². The highest BCUT2D eigenvalue weighted by Crippen LogP contribution is 2.21. The molecule has 0 saturated carbocycles. The highest BCUT2D eigenvalue weighted by Gasteiger charge is 2.14. The first-order chi connectivity index (χ1) is 10.7. The minimum Gasteiger partial charge on any atom is -0.475 e. The normalized spacial score (nSPS) is 10.5. The van der Waals surface area contributed by atoms with Crippen LogP contribution in [0.15, 0.2) is 29.0 Å². The van der Waals surface area contributed by atoms with Crippen LogP contribution in [0.1, 0.15) is 24.3 Å². The second kappa shape index (κ2) is 8.14. The van der Waals surface area contributed by atoms with E-state index in [-0.39, 0.29) is 12.3 Å². The van der Waals surface area contributed by atoms with E-state index < -0.39 is 5.97 Å². The number of aromatic nitrogens is 2. The van der Waals surface area contributed by atoms with Crippen LogP contribution in [0, 0.1) is 0 Å². The molecular weight excluding hydrogens is 288 g/mol. The van der Waals surface area contributed by atoms with Crippen molar-refractivity contribution in [2.45, 2.75) is 13.8 Å². The average Bonchev–Trinajstić information content (AvgIpc) is 3.02. The van der Waals surface area contributed by atoms with Crippen molar-refractivity contribution in [3.05, 3.63) is 30.3 Å². The SMILES string of the molecule is CCOCCOc1cc(-c2nc(C(=O)OCC)co2)ccn1. The van der Waals surface area contributed by atoms with E-state index >= 15 is 0 Å². The molecule has 0 fully saturated rings. The fourth-order valence-corrected chi connectivity index (χ4v) is 1.68. The Balaban J connectivity index is 2.04. The van der Waals surface area contributed by atoms with Gasteiger partial charge in [0.05, 0.1) is 13.2 Å². The van der Waals surface area contributed by atoms with Gasteiger partial charge in [0.2, 0.25) is 11.8 Å². The van der Waals surface area contributed by atoms with Gasteiger partial charge in [0, 0.05) is 24.4 Å². The predicted octanol–water partition coefficient (Wildman–Crippen LogP) is 2.33. The number of hydrogen-bond acceptors (Lipinski definition) is 7. The Labute approximate surface area is 128 Å². The number of carbonyl (C=O) groups is 1. The zero-order valence-electron chi connectivity index (χ0n) is 12.6. The van der Waals surface area contributed by atoms with Crippen LogP contribution in [0.5, 0.6) is 5.88 Å². The van der Waals surface area contributed by atoms with Gasteiger partial charge in [-0.25, -0.2) is 14.8 Å². The molecule has 0 radical (unpaired) electrons. The van der Waals surface area contributed by atoms with Gasteiger partial charge >= 0.3 is 5.97 Å². The van der Waals surface area contributed by atoms with Crippen LogP contribution < -0.4 is 4.74 Å². The Morgan fingerprint density at radius 1 is 1.27 bits per heavy atom. The van der Waals surface area contributed by atoms with Crippen LogP contribution in [0.2, 0.25) is 0 Å². The molecule has 2 rings (SSSR count). The Bertz CT molecular complexity index is 611. The Morgan fingerprint density at radius 2 is 2.14 bits per heavy atom. The molecule has 7 heteroatoms. The fraction of sp³-hybridized carbons (Fsp3) is 0.400. The fourth-order valence-electron chi connectivity index (χ4n) is 1.68. The summed E-state index contributed by atoms with van der Waals surface area (Å²) in [7, 11) is 0. The molecule has 0 unspecified atom stereocenters. The van der Waals surface area contributed by atoms with Crippen LogP contribution in [0.3, 0.4) is 0 Å². The van der Waals surface area contributed by atoms with Crippen LogP contribution in [-0.2, 0) is 9.47 Å². The minimum absolute atomic E-state index is 0.132. The summed E-state index contributed by atoms with van der Waals surface area (Å²) in [5, 5.41) is 0. The quantitative estimate of drug-likeness (QED) is 0.546. The number of oxazole rings is 1. The van der Waals surface area contributed by atoms with E-state index in [1.54, 1.807) is 25.3 Å². The molecule has 2 aromatic heterocycles. The summed E-state index contributed by atoms with van der Waals surface area (Å²) in [5.74, 6) is 0.230. The summed E-state index contributed by atoms with van der Waals surface area (Å²) in [5.41, 5.74) is 0.796. The van der Waals surface area contributed by atoms with E-state index in [1.807, 2.05) is 6.92 Å². The number of esters is 1. The number of rotatable bonds is 8. The molecule has 7 nitrogen and oxygen atoms in total. The maximum absolute atomic E-state index is 11.6. The molecule has 0 saturated heterocycles. The van der Waals surface area contributed by atoms with Crippen LogP contribution in [-0.4, -0.2) is 42.4 Å². The maximum atomic E-state index is 11.6. The maximum Gasteiger partial charge on any atom is 0.360 e. The van der Waals surface area contributed by atoms with E-state index in [0.717, 1.165) is 0 Å². The molecule has 0 N–H and O–H groups in total. The van der Waals surface area contributed by atoms with Gasteiger partial charge in [0.25, 0.3) is 0 Å². The molecule has 0 aliphatic carbocycles. The third kappa shape index (κ3) is 4.29. The molecule has 22 heavy (non-hydrogen) atoms. The van der Waals surface area contributed by atoms with Crippen molar-refractivity contribution < 1.29 is 23.4 Å². The molecule has 0 spiro atoms. The molecule has 0 bridgehead atoms. The van der Waals surface area contributed by atoms with E-state index in [4.69, 9.17) is 18.6 Å². The third-order valence-electron chi connectivity index (χ3n) is 2.65.